The number of anilines is 1. The number of ether oxygens (including phenoxy) is 1. The molecule has 7 nitrogen and oxygen atoms in total. The van der Waals surface area contributed by atoms with Crippen LogP contribution in [-0.2, 0) is 15.3 Å². The number of rotatable bonds is 8. The van der Waals surface area contributed by atoms with Gasteiger partial charge in [0.05, 0.1) is 0 Å². The Morgan fingerprint density at radius 3 is 2.38 bits per heavy atom. The molecule has 1 heterocycles. The first-order valence-electron chi connectivity index (χ1n) is 10.2. The molecule has 0 atom stereocenters. The molecule has 4 rings (SSSR count). The van der Waals surface area contributed by atoms with Crippen molar-refractivity contribution in [2.45, 2.75) is 10.6 Å². The third-order valence-corrected chi connectivity index (χ3v) is 6.16. The van der Waals surface area contributed by atoms with Crippen LogP contribution in [0.2, 0.25) is 5.02 Å². The lowest BCUT2D eigenvalue weighted by Crippen LogP contribution is -2.21. The van der Waals surface area contributed by atoms with Gasteiger partial charge in [-0.15, -0.1) is 11.8 Å². The standard InChI is InChI=1S/C25H19ClN2O5S/c26-16-7-11-18(12-8-16)34-14-20-19-3-1-2-4-21(19)33-23(20)25(31)32-13-22(29)28-17-9-5-15(6-10-17)24(27)30/h1-12H,13-14H2,(H2,27,30)(H,28,29). The monoisotopic (exact) mass is 494 g/mol. The van der Waals surface area contributed by atoms with Crippen molar-refractivity contribution in [1.29, 1.82) is 0 Å². The molecule has 2 amide bonds. The fourth-order valence-electron chi connectivity index (χ4n) is 3.20. The van der Waals surface area contributed by atoms with Crippen LogP contribution in [0, 0.1) is 0 Å². The Labute approximate surface area is 204 Å². The Morgan fingerprint density at radius 1 is 0.971 bits per heavy atom. The molecule has 3 N–H and O–H groups in total. The molecule has 0 fully saturated rings. The third-order valence-electron chi connectivity index (χ3n) is 4.87. The molecule has 4 aromatic rings. The molecule has 0 aliphatic heterocycles. The van der Waals surface area contributed by atoms with E-state index in [1.165, 1.54) is 36.0 Å². The van der Waals surface area contributed by atoms with E-state index in [0.717, 1.165) is 10.3 Å². The number of hydrogen-bond acceptors (Lipinski definition) is 6. The van der Waals surface area contributed by atoms with Crippen LogP contribution < -0.4 is 11.1 Å². The van der Waals surface area contributed by atoms with E-state index in [1.54, 1.807) is 18.2 Å². The molecule has 1 aromatic heterocycles. The molecule has 3 aromatic carbocycles. The highest BCUT2D eigenvalue weighted by Crippen LogP contribution is 2.33. The van der Waals surface area contributed by atoms with E-state index in [9.17, 15) is 14.4 Å². The van der Waals surface area contributed by atoms with E-state index in [-0.39, 0.29) is 5.76 Å². The zero-order valence-electron chi connectivity index (χ0n) is 17.7. The van der Waals surface area contributed by atoms with Gasteiger partial charge in [0, 0.05) is 37.9 Å². The van der Waals surface area contributed by atoms with Crippen LogP contribution in [0.4, 0.5) is 5.69 Å². The van der Waals surface area contributed by atoms with Gasteiger partial charge < -0.3 is 20.2 Å². The molecule has 0 radical (unpaired) electrons. The summed E-state index contributed by atoms with van der Waals surface area (Å²) in [5, 5.41) is 4.04. The smallest absolute Gasteiger partial charge is 0.375 e. The van der Waals surface area contributed by atoms with Crippen LogP contribution in [0.1, 0.15) is 26.5 Å². The van der Waals surface area contributed by atoms with Gasteiger partial charge in [-0.1, -0.05) is 29.8 Å². The minimum atomic E-state index is -0.734. The maximum Gasteiger partial charge on any atom is 0.375 e. The first-order valence-corrected chi connectivity index (χ1v) is 11.5. The van der Waals surface area contributed by atoms with E-state index in [1.807, 2.05) is 30.3 Å². The van der Waals surface area contributed by atoms with E-state index in [0.29, 0.717) is 33.2 Å². The number of nitrogens with two attached hydrogens (primary N) is 1. The average Bonchev–Trinajstić information content (AvgIpc) is 3.21. The summed E-state index contributed by atoms with van der Waals surface area (Å²) in [6.07, 6.45) is 0. The minimum absolute atomic E-state index is 0.0567. The number of thioether (sulfide) groups is 1. The van der Waals surface area contributed by atoms with Crippen LogP contribution in [0.15, 0.2) is 82.1 Å². The molecule has 0 saturated carbocycles. The normalized spacial score (nSPS) is 10.7. The van der Waals surface area contributed by atoms with Gasteiger partial charge in [0.25, 0.3) is 5.91 Å². The fraction of sp³-hybridized carbons (Fsp3) is 0.0800. The average molecular weight is 495 g/mol. The van der Waals surface area contributed by atoms with Crippen molar-refractivity contribution in [3.05, 3.63) is 94.7 Å². The predicted octanol–water partition coefficient (Wildman–Crippen LogP) is 5.27. The maximum absolute atomic E-state index is 12.8. The number of furan rings is 1. The topological polar surface area (TPSA) is 112 Å². The Hall–Kier alpha value is -3.75. The molecule has 0 aliphatic rings. The van der Waals surface area contributed by atoms with Crippen molar-refractivity contribution in [2.24, 2.45) is 5.73 Å². The van der Waals surface area contributed by atoms with Crippen LogP contribution in [0.3, 0.4) is 0 Å². The second kappa shape index (κ2) is 10.5. The zero-order valence-corrected chi connectivity index (χ0v) is 19.3. The Balaban J connectivity index is 1.44. The number of para-hydroxylation sites is 1. The highest BCUT2D eigenvalue weighted by atomic mass is 35.5. The molecule has 0 spiro atoms. The van der Waals surface area contributed by atoms with E-state index in [2.05, 4.69) is 5.32 Å². The van der Waals surface area contributed by atoms with Crippen LogP contribution in [0.5, 0.6) is 0 Å². The highest BCUT2D eigenvalue weighted by molar-refractivity contribution is 7.98. The summed E-state index contributed by atoms with van der Waals surface area (Å²) in [5.74, 6) is -1.32. The van der Waals surface area contributed by atoms with Gasteiger partial charge in [0.1, 0.15) is 5.58 Å². The van der Waals surface area contributed by atoms with Gasteiger partial charge >= 0.3 is 5.97 Å². The van der Waals surface area contributed by atoms with Gasteiger partial charge in [-0.3, -0.25) is 9.59 Å². The van der Waals surface area contributed by atoms with Crippen LogP contribution >= 0.6 is 23.4 Å². The SMILES string of the molecule is NC(=O)c1ccc(NC(=O)COC(=O)c2oc3ccccc3c2CSc2ccc(Cl)cc2)cc1. The first-order chi connectivity index (χ1) is 16.4. The molecule has 9 heteroatoms. The molecule has 0 saturated heterocycles. The number of fused-ring (bicyclic) bond motifs is 1. The Kier molecular flexibility index (Phi) is 7.20. The number of carbonyl (C=O) groups excluding carboxylic acids is 3. The lowest BCUT2D eigenvalue weighted by molar-refractivity contribution is -0.119. The lowest BCUT2D eigenvalue weighted by Gasteiger charge is -2.07. The summed E-state index contributed by atoms with van der Waals surface area (Å²) in [5.41, 5.74) is 7.20. The van der Waals surface area contributed by atoms with Crippen molar-refractivity contribution >= 4 is 57.8 Å². The number of benzene rings is 3. The summed E-state index contributed by atoms with van der Waals surface area (Å²) in [6.45, 7) is -0.503. The van der Waals surface area contributed by atoms with Crippen LogP contribution in [-0.4, -0.2) is 24.4 Å². The third kappa shape index (κ3) is 5.59. The maximum atomic E-state index is 12.8. The number of esters is 1. The number of carbonyl (C=O) groups is 3. The molecule has 0 unspecified atom stereocenters. The minimum Gasteiger partial charge on any atom is -0.450 e. The number of primary amides is 1. The van der Waals surface area contributed by atoms with E-state index in [4.69, 9.17) is 26.5 Å². The lowest BCUT2D eigenvalue weighted by atomic mass is 10.1. The second-order valence-corrected chi connectivity index (χ2v) is 8.70. The number of amides is 2. The summed E-state index contributed by atoms with van der Waals surface area (Å²) >= 11 is 7.47. The van der Waals surface area contributed by atoms with Crippen molar-refractivity contribution in [3.63, 3.8) is 0 Å². The fourth-order valence-corrected chi connectivity index (χ4v) is 4.26. The summed E-state index contributed by atoms with van der Waals surface area (Å²) < 4.78 is 11.0. The molecule has 0 bridgehead atoms. The Bertz CT molecular complexity index is 1350. The van der Waals surface area contributed by atoms with Gasteiger partial charge in [0.2, 0.25) is 11.7 Å². The summed E-state index contributed by atoms with van der Waals surface area (Å²) in [4.78, 5) is 37.2. The number of halogens is 1. The molecule has 172 valence electrons. The number of nitrogens with one attached hydrogen (secondary N) is 1. The van der Waals surface area contributed by atoms with Gasteiger partial charge in [-0.05, 0) is 54.6 Å². The van der Waals surface area contributed by atoms with Gasteiger partial charge in [-0.2, -0.15) is 0 Å². The van der Waals surface area contributed by atoms with Crippen LogP contribution in [0.25, 0.3) is 11.0 Å². The van der Waals surface area contributed by atoms with Crippen molar-refractivity contribution in [2.75, 3.05) is 11.9 Å². The Morgan fingerprint density at radius 2 is 1.68 bits per heavy atom. The van der Waals surface area contributed by atoms with Crippen molar-refractivity contribution < 1.29 is 23.5 Å². The molecular weight excluding hydrogens is 476 g/mol. The first kappa shape index (κ1) is 23.4. The molecule has 34 heavy (non-hydrogen) atoms. The van der Waals surface area contributed by atoms with E-state index < -0.39 is 24.4 Å². The molecule has 0 aliphatic carbocycles. The number of hydrogen-bond donors (Lipinski definition) is 2. The van der Waals surface area contributed by atoms with E-state index >= 15 is 0 Å². The quantitative estimate of drug-likeness (QED) is 0.255. The second-order valence-electron chi connectivity index (χ2n) is 7.21. The predicted molar refractivity (Wildman–Crippen MR) is 131 cm³/mol. The molecular formula is C25H19ClN2O5S. The van der Waals surface area contributed by atoms with Crippen molar-refractivity contribution in [1.82, 2.24) is 0 Å². The summed E-state index contributed by atoms with van der Waals surface area (Å²) in [6, 6.07) is 20.7. The summed E-state index contributed by atoms with van der Waals surface area (Å²) in [7, 11) is 0. The zero-order chi connectivity index (χ0) is 24.1. The van der Waals surface area contributed by atoms with Gasteiger partial charge in [0.15, 0.2) is 6.61 Å². The largest absolute Gasteiger partial charge is 0.450 e. The van der Waals surface area contributed by atoms with Gasteiger partial charge in [-0.25, -0.2) is 4.79 Å². The highest BCUT2D eigenvalue weighted by Gasteiger charge is 2.22. The van der Waals surface area contributed by atoms with Crippen molar-refractivity contribution in [3.8, 4) is 0 Å².